The summed E-state index contributed by atoms with van der Waals surface area (Å²) in [4.78, 5) is 0. The number of rotatable bonds is 5. The summed E-state index contributed by atoms with van der Waals surface area (Å²) in [6.45, 7) is 3.24. The summed E-state index contributed by atoms with van der Waals surface area (Å²) in [6.07, 6.45) is 9.09. The Morgan fingerprint density at radius 3 is 2.76 bits per heavy atom. The Bertz CT molecular complexity index is 472. The molecule has 21 heavy (non-hydrogen) atoms. The van der Waals surface area contributed by atoms with E-state index in [0.717, 1.165) is 24.6 Å². The van der Waals surface area contributed by atoms with E-state index in [9.17, 15) is 0 Å². The van der Waals surface area contributed by atoms with Gasteiger partial charge in [-0.25, -0.2) is 0 Å². The standard InChI is InChI=1S/C17H25NO2S/c1-21-17(8-3-2-4-9-17)13-18-12-14-6-5-7-15-16(14)20-11-10-19-15/h5-7,18H,2-4,8-13H2,1H3. The van der Waals surface area contributed by atoms with Gasteiger partial charge in [-0.3, -0.25) is 0 Å². The summed E-state index contributed by atoms with van der Waals surface area (Å²) in [5.41, 5.74) is 1.21. The lowest BCUT2D eigenvalue weighted by Gasteiger charge is -2.36. The number of hydrogen-bond donors (Lipinski definition) is 1. The minimum atomic E-state index is 0.435. The maximum Gasteiger partial charge on any atom is 0.165 e. The van der Waals surface area contributed by atoms with Crippen LogP contribution in [0.15, 0.2) is 18.2 Å². The van der Waals surface area contributed by atoms with Crippen LogP contribution in [0, 0.1) is 0 Å². The molecule has 3 nitrogen and oxygen atoms in total. The van der Waals surface area contributed by atoms with Gasteiger partial charge in [0.1, 0.15) is 13.2 Å². The molecule has 0 saturated heterocycles. The molecule has 1 aliphatic heterocycles. The molecular weight excluding hydrogens is 282 g/mol. The van der Waals surface area contributed by atoms with Crippen molar-refractivity contribution in [3.05, 3.63) is 23.8 Å². The molecule has 0 bridgehead atoms. The Morgan fingerprint density at radius 2 is 1.95 bits per heavy atom. The van der Waals surface area contributed by atoms with Gasteiger partial charge in [-0.2, -0.15) is 11.8 Å². The first-order valence-electron chi connectivity index (χ1n) is 7.96. The molecule has 2 aliphatic rings. The lowest BCUT2D eigenvalue weighted by atomic mass is 9.88. The first-order valence-corrected chi connectivity index (χ1v) is 9.19. The van der Waals surface area contributed by atoms with Crippen molar-refractivity contribution in [2.75, 3.05) is 26.0 Å². The van der Waals surface area contributed by atoms with Crippen molar-refractivity contribution < 1.29 is 9.47 Å². The molecule has 0 aromatic heterocycles. The average Bonchev–Trinajstić information content (AvgIpc) is 2.56. The summed E-state index contributed by atoms with van der Waals surface area (Å²) in [7, 11) is 0. The molecule has 1 aliphatic carbocycles. The van der Waals surface area contributed by atoms with Gasteiger partial charge in [-0.15, -0.1) is 0 Å². The lowest BCUT2D eigenvalue weighted by molar-refractivity contribution is 0.169. The van der Waals surface area contributed by atoms with Crippen LogP contribution >= 0.6 is 11.8 Å². The highest BCUT2D eigenvalue weighted by Gasteiger charge is 2.30. The fourth-order valence-electron chi connectivity index (χ4n) is 3.35. The van der Waals surface area contributed by atoms with Crippen molar-refractivity contribution in [2.24, 2.45) is 0 Å². The fraction of sp³-hybridized carbons (Fsp3) is 0.647. The number of ether oxygens (including phenoxy) is 2. The van der Waals surface area contributed by atoms with Gasteiger partial charge in [0.05, 0.1) is 0 Å². The zero-order valence-corrected chi connectivity index (χ0v) is 13.6. The predicted molar refractivity (Wildman–Crippen MR) is 88.5 cm³/mol. The van der Waals surface area contributed by atoms with Crippen molar-refractivity contribution in [1.29, 1.82) is 0 Å². The second-order valence-corrected chi connectivity index (χ2v) is 7.27. The molecule has 0 amide bonds. The molecule has 1 saturated carbocycles. The van der Waals surface area contributed by atoms with Crippen LogP contribution in [-0.4, -0.2) is 30.8 Å². The molecule has 1 aromatic carbocycles. The minimum absolute atomic E-state index is 0.435. The van der Waals surface area contributed by atoms with Crippen LogP contribution in [0.4, 0.5) is 0 Å². The summed E-state index contributed by atoms with van der Waals surface area (Å²) in [6, 6.07) is 6.17. The monoisotopic (exact) mass is 307 g/mol. The Morgan fingerprint density at radius 1 is 1.14 bits per heavy atom. The van der Waals surface area contributed by atoms with Gasteiger partial charge in [0, 0.05) is 23.4 Å². The predicted octanol–water partition coefficient (Wildman–Crippen LogP) is 3.61. The third-order valence-electron chi connectivity index (χ3n) is 4.61. The van der Waals surface area contributed by atoms with Crippen LogP contribution in [0.5, 0.6) is 11.5 Å². The van der Waals surface area contributed by atoms with Crippen LogP contribution in [0.3, 0.4) is 0 Å². The molecule has 0 radical (unpaired) electrons. The third-order valence-corrected chi connectivity index (χ3v) is 6.03. The molecule has 0 atom stereocenters. The van der Waals surface area contributed by atoms with Gasteiger partial charge in [-0.1, -0.05) is 31.4 Å². The Kier molecular flexibility index (Phi) is 4.96. The molecule has 1 aromatic rings. The Balaban J connectivity index is 1.60. The van der Waals surface area contributed by atoms with E-state index in [0.29, 0.717) is 18.0 Å². The topological polar surface area (TPSA) is 30.5 Å². The van der Waals surface area contributed by atoms with E-state index >= 15 is 0 Å². The van der Waals surface area contributed by atoms with Gasteiger partial charge >= 0.3 is 0 Å². The van der Waals surface area contributed by atoms with Crippen LogP contribution < -0.4 is 14.8 Å². The third kappa shape index (κ3) is 3.49. The first-order chi connectivity index (χ1) is 10.3. The quantitative estimate of drug-likeness (QED) is 0.900. The average molecular weight is 307 g/mol. The zero-order chi connectivity index (χ0) is 14.5. The van der Waals surface area contributed by atoms with E-state index in [1.54, 1.807) is 0 Å². The zero-order valence-electron chi connectivity index (χ0n) is 12.8. The SMILES string of the molecule is CSC1(CNCc2cccc3c2OCCO3)CCCCC1. The normalized spacial score (nSPS) is 20.2. The van der Waals surface area contributed by atoms with Crippen molar-refractivity contribution in [3.63, 3.8) is 0 Å². The maximum atomic E-state index is 5.78. The summed E-state index contributed by atoms with van der Waals surface area (Å²) in [5, 5.41) is 3.66. The molecule has 1 heterocycles. The number of benzene rings is 1. The van der Waals surface area contributed by atoms with E-state index in [-0.39, 0.29) is 0 Å². The van der Waals surface area contributed by atoms with E-state index in [1.807, 2.05) is 17.8 Å². The van der Waals surface area contributed by atoms with Gasteiger partial charge in [0.25, 0.3) is 0 Å². The van der Waals surface area contributed by atoms with Crippen LogP contribution in [0.1, 0.15) is 37.7 Å². The fourth-order valence-corrected chi connectivity index (χ4v) is 4.29. The van der Waals surface area contributed by atoms with Gasteiger partial charge in [-0.05, 0) is 25.2 Å². The first kappa shape index (κ1) is 15.0. The van der Waals surface area contributed by atoms with E-state index in [1.165, 1.54) is 37.7 Å². The number of nitrogens with one attached hydrogen (secondary N) is 1. The number of fused-ring (bicyclic) bond motifs is 1. The molecule has 0 spiro atoms. The van der Waals surface area contributed by atoms with E-state index in [2.05, 4.69) is 23.7 Å². The van der Waals surface area contributed by atoms with Crippen LogP contribution in [-0.2, 0) is 6.54 Å². The van der Waals surface area contributed by atoms with Crippen molar-refractivity contribution in [2.45, 2.75) is 43.4 Å². The Hall–Kier alpha value is -0.870. The lowest BCUT2D eigenvalue weighted by Crippen LogP contribution is -2.39. The summed E-state index contributed by atoms with van der Waals surface area (Å²) < 4.78 is 11.9. The highest BCUT2D eigenvalue weighted by atomic mass is 32.2. The molecule has 0 unspecified atom stereocenters. The van der Waals surface area contributed by atoms with Gasteiger partial charge in [0.2, 0.25) is 0 Å². The minimum Gasteiger partial charge on any atom is -0.486 e. The molecule has 116 valence electrons. The van der Waals surface area contributed by atoms with Crippen LogP contribution in [0.2, 0.25) is 0 Å². The van der Waals surface area contributed by atoms with Crippen LogP contribution in [0.25, 0.3) is 0 Å². The van der Waals surface area contributed by atoms with E-state index < -0.39 is 0 Å². The number of hydrogen-bond acceptors (Lipinski definition) is 4. The van der Waals surface area contributed by atoms with Crippen molar-refractivity contribution in [1.82, 2.24) is 5.32 Å². The maximum absolute atomic E-state index is 5.78. The summed E-state index contributed by atoms with van der Waals surface area (Å²) >= 11 is 2.04. The summed E-state index contributed by atoms with van der Waals surface area (Å²) in [5.74, 6) is 1.82. The molecule has 3 rings (SSSR count). The van der Waals surface area contributed by atoms with Crippen molar-refractivity contribution >= 4 is 11.8 Å². The Labute approximate surface area is 131 Å². The number of thioether (sulfide) groups is 1. The van der Waals surface area contributed by atoms with Gasteiger partial charge in [0.15, 0.2) is 11.5 Å². The molecular formula is C17H25NO2S. The molecule has 1 N–H and O–H groups in total. The highest BCUT2D eigenvalue weighted by molar-refractivity contribution is 8.00. The van der Waals surface area contributed by atoms with E-state index in [4.69, 9.17) is 9.47 Å². The van der Waals surface area contributed by atoms with Gasteiger partial charge < -0.3 is 14.8 Å². The number of para-hydroxylation sites is 1. The highest BCUT2D eigenvalue weighted by Crippen LogP contribution is 2.38. The second-order valence-electron chi connectivity index (χ2n) is 5.99. The smallest absolute Gasteiger partial charge is 0.165 e. The second kappa shape index (κ2) is 6.93. The molecule has 4 heteroatoms. The molecule has 1 fully saturated rings. The van der Waals surface area contributed by atoms with Crippen molar-refractivity contribution in [3.8, 4) is 11.5 Å². The largest absolute Gasteiger partial charge is 0.486 e.